The summed E-state index contributed by atoms with van der Waals surface area (Å²) in [5, 5.41) is 11.1. The Morgan fingerprint density at radius 3 is 2.46 bits per heavy atom. The van der Waals surface area contributed by atoms with Crippen molar-refractivity contribution in [2.75, 3.05) is 5.32 Å². The van der Waals surface area contributed by atoms with Gasteiger partial charge in [-0.05, 0) is 12.1 Å². The molecule has 0 amide bonds. The molecule has 0 aliphatic heterocycles. The maximum Gasteiger partial charge on any atom is 0.129 e. The standard InChI is InChI=1S/C9H10N4/c1-2-4-9(5-3-1)10-8-13-11-6-7-12-13/h1-7,10H,8H2. The zero-order valence-electron chi connectivity index (χ0n) is 7.09. The second-order valence-electron chi connectivity index (χ2n) is 2.60. The molecule has 0 bridgehead atoms. The molecule has 1 aromatic carbocycles. The molecule has 0 saturated heterocycles. The third-order valence-corrected chi connectivity index (χ3v) is 1.66. The quantitative estimate of drug-likeness (QED) is 0.763. The molecule has 2 rings (SSSR count). The maximum atomic E-state index is 3.97. The lowest BCUT2D eigenvalue weighted by molar-refractivity contribution is 0.578. The molecule has 0 saturated carbocycles. The van der Waals surface area contributed by atoms with Gasteiger partial charge in [0.25, 0.3) is 0 Å². The summed E-state index contributed by atoms with van der Waals surface area (Å²) in [4.78, 5) is 1.59. The molecule has 0 aliphatic carbocycles. The Morgan fingerprint density at radius 1 is 1.08 bits per heavy atom. The molecule has 0 fully saturated rings. The van der Waals surface area contributed by atoms with Crippen LogP contribution < -0.4 is 5.32 Å². The van der Waals surface area contributed by atoms with Crippen molar-refractivity contribution in [2.24, 2.45) is 0 Å². The third kappa shape index (κ3) is 2.05. The summed E-state index contributed by atoms with van der Waals surface area (Å²) in [5.74, 6) is 0. The highest BCUT2D eigenvalue weighted by Gasteiger charge is 1.90. The van der Waals surface area contributed by atoms with Crippen molar-refractivity contribution in [3.63, 3.8) is 0 Å². The molecule has 1 aromatic heterocycles. The van der Waals surface area contributed by atoms with Crippen LogP contribution in [0.2, 0.25) is 0 Å². The first-order valence-electron chi connectivity index (χ1n) is 4.08. The van der Waals surface area contributed by atoms with Gasteiger partial charge in [0.05, 0.1) is 12.4 Å². The topological polar surface area (TPSA) is 42.7 Å². The van der Waals surface area contributed by atoms with Crippen LogP contribution in [0.15, 0.2) is 42.7 Å². The van der Waals surface area contributed by atoms with E-state index in [2.05, 4.69) is 15.5 Å². The Bertz CT molecular complexity index is 341. The molecule has 13 heavy (non-hydrogen) atoms. The van der Waals surface area contributed by atoms with Gasteiger partial charge in [0.15, 0.2) is 0 Å². The van der Waals surface area contributed by atoms with E-state index in [9.17, 15) is 0 Å². The smallest absolute Gasteiger partial charge is 0.129 e. The number of aromatic nitrogens is 3. The van der Waals surface area contributed by atoms with Crippen LogP contribution in [0, 0.1) is 0 Å². The molecular formula is C9H10N4. The van der Waals surface area contributed by atoms with Crippen LogP contribution in [0.3, 0.4) is 0 Å². The van der Waals surface area contributed by atoms with E-state index in [4.69, 9.17) is 0 Å². The molecule has 0 unspecified atom stereocenters. The molecule has 66 valence electrons. The van der Waals surface area contributed by atoms with Crippen LogP contribution in [-0.4, -0.2) is 15.0 Å². The van der Waals surface area contributed by atoms with Gasteiger partial charge in [-0.2, -0.15) is 15.0 Å². The van der Waals surface area contributed by atoms with Crippen molar-refractivity contribution in [1.82, 2.24) is 15.0 Å². The predicted molar refractivity (Wildman–Crippen MR) is 50.1 cm³/mol. The second-order valence-corrected chi connectivity index (χ2v) is 2.60. The Kier molecular flexibility index (Phi) is 2.22. The highest BCUT2D eigenvalue weighted by molar-refractivity contribution is 5.41. The normalized spacial score (nSPS) is 9.85. The summed E-state index contributed by atoms with van der Waals surface area (Å²) >= 11 is 0. The fourth-order valence-electron chi connectivity index (χ4n) is 1.04. The lowest BCUT2D eigenvalue weighted by Gasteiger charge is -2.03. The number of hydrogen-bond acceptors (Lipinski definition) is 3. The van der Waals surface area contributed by atoms with Crippen molar-refractivity contribution < 1.29 is 0 Å². The zero-order valence-corrected chi connectivity index (χ0v) is 7.09. The summed E-state index contributed by atoms with van der Waals surface area (Å²) in [7, 11) is 0. The SMILES string of the molecule is c1ccc(NCn2nccn2)cc1. The van der Waals surface area contributed by atoms with Crippen LogP contribution in [0.4, 0.5) is 5.69 Å². The number of nitrogens with zero attached hydrogens (tertiary/aromatic N) is 3. The number of rotatable bonds is 3. The van der Waals surface area contributed by atoms with E-state index in [1.165, 1.54) is 0 Å². The van der Waals surface area contributed by atoms with Gasteiger partial charge in [0.2, 0.25) is 0 Å². The highest BCUT2D eigenvalue weighted by atomic mass is 15.5. The summed E-state index contributed by atoms with van der Waals surface area (Å²) < 4.78 is 0. The number of nitrogens with one attached hydrogen (secondary N) is 1. The van der Waals surface area contributed by atoms with Gasteiger partial charge in [-0.25, -0.2) is 0 Å². The lowest BCUT2D eigenvalue weighted by Crippen LogP contribution is -2.10. The number of benzene rings is 1. The first-order chi connectivity index (χ1) is 6.45. The largest absolute Gasteiger partial charge is 0.365 e. The number of para-hydroxylation sites is 1. The Morgan fingerprint density at radius 2 is 1.77 bits per heavy atom. The fourth-order valence-corrected chi connectivity index (χ4v) is 1.04. The molecule has 0 spiro atoms. The van der Waals surface area contributed by atoms with Gasteiger partial charge in [-0.15, -0.1) is 0 Å². The zero-order chi connectivity index (χ0) is 8.93. The monoisotopic (exact) mass is 174 g/mol. The average Bonchev–Trinajstić information content (AvgIpc) is 2.69. The summed E-state index contributed by atoms with van der Waals surface area (Å²) in [5.41, 5.74) is 1.07. The Labute approximate surface area is 76.2 Å². The minimum Gasteiger partial charge on any atom is -0.365 e. The van der Waals surface area contributed by atoms with Gasteiger partial charge in [0, 0.05) is 5.69 Å². The molecule has 0 radical (unpaired) electrons. The van der Waals surface area contributed by atoms with Crippen LogP contribution in [0.25, 0.3) is 0 Å². The van der Waals surface area contributed by atoms with Crippen molar-refractivity contribution in [1.29, 1.82) is 0 Å². The minimum atomic E-state index is 0.594. The average molecular weight is 174 g/mol. The van der Waals surface area contributed by atoms with Crippen molar-refractivity contribution in [3.05, 3.63) is 42.7 Å². The van der Waals surface area contributed by atoms with E-state index in [0.29, 0.717) is 6.67 Å². The molecule has 1 N–H and O–H groups in total. The van der Waals surface area contributed by atoms with E-state index >= 15 is 0 Å². The first-order valence-corrected chi connectivity index (χ1v) is 4.08. The lowest BCUT2D eigenvalue weighted by atomic mass is 10.3. The van der Waals surface area contributed by atoms with Gasteiger partial charge < -0.3 is 5.32 Å². The minimum absolute atomic E-state index is 0.594. The Balaban J connectivity index is 1.94. The van der Waals surface area contributed by atoms with Crippen LogP contribution in [-0.2, 0) is 6.67 Å². The second kappa shape index (κ2) is 3.71. The predicted octanol–water partition coefficient (Wildman–Crippen LogP) is 1.35. The van der Waals surface area contributed by atoms with Gasteiger partial charge in [-0.3, -0.25) is 0 Å². The van der Waals surface area contributed by atoms with E-state index < -0.39 is 0 Å². The molecule has 0 aliphatic rings. The van der Waals surface area contributed by atoms with Gasteiger partial charge >= 0.3 is 0 Å². The maximum absolute atomic E-state index is 3.97. The number of anilines is 1. The van der Waals surface area contributed by atoms with Gasteiger partial charge in [-0.1, -0.05) is 18.2 Å². The van der Waals surface area contributed by atoms with Crippen molar-refractivity contribution >= 4 is 5.69 Å². The van der Waals surface area contributed by atoms with E-state index in [1.807, 2.05) is 30.3 Å². The highest BCUT2D eigenvalue weighted by Crippen LogP contribution is 2.04. The third-order valence-electron chi connectivity index (χ3n) is 1.66. The van der Waals surface area contributed by atoms with Crippen LogP contribution in [0.1, 0.15) is 0 Å². The fraction of sp³-hybridized carbons (Fsp3) is 0.111. The summed E-state index contributed by atoms with van der Waals surface area (Å²) in [6.07, 6.45) is 3.32. The molecule has 2 aromatic rings. The van der Waals surface area contributed by atoms with Crippen LogP contribution in [0.5, 0.6) is 0 Å². The van der Waals surface area contributed by atoms with Gasteiger partial charge in [0.1, 0.15) is 6.67 Å². The van der Waals surface area contributed by atoms with E-state index in [-0.39, 0.29) is 0 Å². The first kappa shape index (κ1) is 7.79. The number of hydrogen-bond donors (Lipinski definition) is 1. The van der Waals surface area contributed by atoms with Crippen molar-refractivity contribution in [2.45, 2.75) is 6.67 Å². The van der Waals surface area contributed by atoms with Crippen LogP contribution >= 0.6 is 0 Å². The van der Waals surface area contributed by atoms with E-state index in [1.54, 1.807) is 17.2 Å². The Hall–Kier alpha value is -1.84. The summed E-state index contributed by atoms with van der Waals surface area (Å²) in [6, 6.07) is 9.96. The van der Waals surface area contributed by atoms with E-state index in [0.717, 1.165) is 5.69 Å². The molecule has 4 heteroatoms. The summed E-state index contributed by atoms with van der Waals surface area (Å²) in [6.45, 7) is 0.594. The molecule has 0 atom stereocenters. The van der Waals surface area contributed by atoms with Crippen molar-refractivity contribution in [3.8, 4) is 0 Å². The molecule has 1 heterocycles. The molecular weight excluding hydrogens is 164 g/mol. The molecule has 4 nitrogen and oxygen atoms in total.